The van der Waals surface area contributed by atoms with Gasteiger partial charge in [0.15, 0.2) is 0 Å². The van der Waals surface area contributed by atoms with Crippen LogP contribution in [0.4, 0.5) is 17.6 Å². The van der Waals surface area contributed by atoms with E-state index in [9.17, 15) is 26.0 Å². The van der Waals surface area contributed by atoms with Crippen LogP contribution in [-0.2, 0) is 16.6 Å². The Hall–Kier alpha value is -1.19. The van der Waals surface area contributed by atoms with Crippen molar-refractivity contribution >= 4 is 10.0 Å². The molecule has 0 aliphatic carbocycles. The van der Waals surface area contributed by atoms with Crippen LogP contribution in [0.3, 0.4) is 0 Å². The summed E-state index contributed by atoms with van der Waals surface area (Å²) in [7, 11) is -4.30. The highest BCUT2D eigenvalue weighted by atomic mass is 32.2. The van der Waals surface area contributed by atoms with Gasteiger partial charge in [-0.1, -0.05) is 12.1 Å². The number of halogens is 4. The lowest BCUT2D eigenvalue weighted by molar-refractivity contribution is -0.122. The first-order chi connectivity index (χ1) is 8.69. The van der Waals surface area contributed by atoms with Crippen LogP contribution in [-0.4, -0.2) is 32.4 Å². The molecule has 0 fully saturated rings. The van der Waals surface area contributed by atoms with Crippen molar-refractivity contribution in [2.24, 2.45) is 0 Å². The maximum absolute atomic E-state index is 12.6. The van der Waals surface area contributed by atoms with E-state index in [2.05, 4.69) is 0 Å². The lowest BCUT2D eigenvalue weighted by Crippen LogP contribution is -2.41. The quantitative estimate of drug-likeness (QED) is 0.780. The lowest BCUT2D eigenvalue weighted by atomic mass is 10.2. The first kappa shape index (κ1) is 15.9. The minimum Gasteiger partial charge on any atom is -0.392 e. The van der Waals surface area contributed by atoms with Gasteiger partial charge in [-0.2, -0.15) is 8.78 Å². The molecule has 1 aromatic carbocycles. The van der Waals surface area contributed by atoms with Crippen LogP contribution < -0.4 is 4.72 Å². The van der Waals surface area contributed by atoms with Gasteiger partial charge in [-0.05, 0) is 17.7 Å². The molecule has 0 aliphatic rings. The van der Waals surface area contributed by atoms with Crippen molar-refractivity contribution < 1.29 is 31.1 Å². The molecule has 2 N–H and O–H groups in total. The number of hydrogen-bond donors (Lipinski definition) is 2. The van der Waals surface area contributed by atoms with Gasteiger partial charge in [0.1, 0.15) is 0 Å². The summed E-state index contributed by atoms with van der Waals surface area (Å²) in [6.45, 7) is -1.99. The first-order valence-corrected chi connectivity index (χ1v) is 6.53. The average molecular weight is 301 g/mol. The maximum Gasteiger partial charge on any atom is 0.320 e. The summed E-state index contributed by atoms with van der Waals surface area (Å²) in [4.78, 5) is -0.352. The molecule has 4 nitrogen and oxygen atoms in total. The van der Waals surface area contributed by atoms with E-state index in [0.717, 1.165) is 12.1 Å². The van der Waals surface area contributed by atoms with Crippen LogP contribution in [0, 0.1) is 0 Å². The van der Waals surface area contributed by atoms with Crippen LogP contribution >= 0.6 is 0 Å². The third-order valence-corrected chi connectivity index (χ3v) is 3.65. The van der Waals surface area contributed by atoms with Gasteiger partial charge in [0.05, 0.1) is 18.0 Å². The standard InChI is InChI=1S/C10H11F4NO3S/c11-9(12)10(13,14)6-15-19(17,18)8-3-1-7(5-16)2-4-8/h1-4,9,15-16H,5-6H2. The molecule has 0 bridgehead atoms. The van der Waals surface area contributed by atoms with E-state index in [-0.39, 0.29) is 11.5 Å². The second-order valence-corrected chi connectivity index (χ2v) is 5.46. The normalized spacial score (nSPS) is 12.9. The molecule has 0 aromatic heterocycles. The largest absolute Gasteiger partial charge is 0.392 e. The Labute approximate surface area is 107 Å². The Morgan fingerprint density at radius 2 is 1.74 bits per heavy atom. The molecule has 9 heteroatoms. The summed E-state index contributed by atoms with van der Waals surface area (Å²) in [5, 5.41) is 8.75. The number of alkyl halides is 4. The molecule has 1 rings (SSSR count). The molecular weight excluding hydrogens is 290 g/mol. The zero-order chi connectivity index (χ0) is 14.7. The van der Waals surface area contributed by atoms with E-state index in [1.54, 1.807) is 0 Å². The topological polar surface area (TPSA) is 66.4 Å². The Balaban J connectivity index is 2.81. The van der Waals surface area contributed by atoms with Crippen molar-refractivity contribution in [3.63, 3.8) is 0 Å². The number of aliphatic hydroxyl groups is 1. The SMILES string of the molecule is O=S(=O)(NCC(F)(F)C(F)F)c1ccc(CO)cc1. The predicted molar refractivity (Wildman–Crippen MR) is 58.5 cm³/mol. The van der Waals surface area contributed by atoms with Crippen molar-refractivity contribution in [2.75, 3.05) is 6.54 Å². The van der Waals surface area contributed by atoms with Crippen LogP contribution in [0.15, 0.2) is 29.2 Å². The number of benzene rings is 1. The predicted octanol–water partition coefficient (Wildman–Crippen LogP) is 1.36. The highest BCUT2D eigenvalue weighted by Gasteiger charge is 2.41. The van der Waals surface area contributed by atoms with Crippen LogP contribution in [0.2, 0.25) is 0 Å². The molecule has 0 spiro atoms. The number of aliphatic hydroxyl groups excluding tert-OH is 1. The molecule has 108 valence electrons. The molecule has 0 saturated carbocycles. The fourth-order valence-electron chi connectivity index (χ4n) is 1.13. The number of rotatable bonds is 6. The summed E-state index contributed by atoms with van der Waals surface area (Å²) in [6.07, 6.45) is -3.95. The average Bonchev–Trinajstić information content (AvgIpc) is 2.36. The van der Waals surface area contributed by atoms with Crippen molar-refractivity contribution in [3.8, 4) is 0 Å². The summed E-state index contributed by atoms with van der Waals surface area (Å²) in [5.41, 5.74) is 0.428. The molecule has 0 aliphatic heterocycles. The van der Waals surface area contributed by atoms with Gasteiger partial charge in [0.25, 0.3) is 0 Å². The summed E-state index contributed by atoms with van der Waals surface area (Å²) < 4.78 is 73.5. The highest BCUT2D eigenvalue weighted by Crippen LogP contribution is 2.22. The first-order valence-electron chi connectivity index (χ1n) is 5.04. The fourth-order valence-corrected chi connectivity index (χ4v) is 2.17. The molecule has 0 radical (unpaired) electrons. The molecule has 1 aromatic rings. The van der Waals surface area contributed by atoms with Crippen molar-refractivity contribution in [1.82, 2.24) is 4.72 Å². The second kappa shape index (κ2) is 5.85. The minimum atomic E-state index is -4.43. The van der Waals surface area contributed by atoms with Crippen LogP contribution in [0.1, 0.15) is 5.56 Å². The molecule has 0 atom stereocenters. The van der Waals surface area contributed by atoms with Gasteiger partial charge in [0, 0.05) is 0 Å². The Morgan fingerprint density at radius 3 is 2.16 bits per heavy atom. The van der Waals surface area contributed by atoms with E-state index in [4.69, 9.17) is 5.11 Å². The molecule has 0 unspecified atom stereocenters. The minimum absolute atomic E-state index is 0.308. The van der Waals surface area contributed by atoms with E-state index >= 15 is 0 Å². The van der Waals surface area contributed by atoms with Gasteiger partial charge in [-0.3, -0.25) is 0 Å². The highest BCUT2D eigenvalue weighted by molar-refractivity contribution is 7.89. The molecular formula is C10H11F4NO3S. The van der Waals surface area contributed by atoms with Gasteiger partial charge in [-0.15, -0.1) is 0 Å². The van der Waals surface area contributed by atoms with Crippen molar-refractivity contribution in [3.05, 3.63) is 29.8 Å². The van der Waals surface area contributed by atoms with E-state index in [0.29, 0.717) is 5.56 Å². The van der Waals surface area contributed by atoms with E-state index in [1.165, 1.54) is 16.9 Å². The molecule has 19 heavy (non-hydrogen) atoms. The summed E-state index contributed by atoms with van der Waals surface area (Å²) in [5.74, 6) is -4.43. The van der Waals surface area contributed by atoms with Gasteiger partial charge < -0.3 is 5.11 Å². The maximum atomic E-state index is 12.6. The smallest absolute Gasteiger partial charge is 0.320 e. The summed E-state index contributed by atoms with van der Waals surface area (Å²) in [6, 6.07) is 4.71. The molecule has 0 amide bonds. The Kier molecular flexibility index (Phi) is 4.88. The second-order valence-electron chi connectivity index (χ2n) is 3.69. The Morgan fingerprint density at radius 1 is 1.21 bits per heavy atom. The third kappa shape index (κ3) is 4.15. The fraction of sp³-hybridized carbons (Fsp3) is 0.400. The van der Waals surface area contributed by atoms with Gasteiger partial charge >= 0.3 is 12.3 Å². The van der Waals surface area contributed by atoms with Crippen LogP contribution in [0.5, 0.6) is 0 Å². The molecule has 0 saturated heterocycles. The Bertz CT molecular complexity index is 516. The van der Waals surface area contributed by atoms with E-state index < -0.39 is 28.9 Å². The van der Waals surface area contributed by atoms with Crippen molar-refractivity contribution in [2.45, 2.75) is 23.9 Å². The number of sulfonamides is 1. The third-order valence-electron chi connectivity index (χ3n) is 2.23. The van der Waals surface area contributed by atoms with E-state index in [1.807, 2.05) is 0 Å². The lowest BCUT2D eigenvalue weighted by Gasteiger charge is -2.15. The van der Waals surface area contributed by atoms with Crippen LogP contribution in [0.25, 0.3) is 0 Å². The van der Waals surface area contributed by atoms with Crippen molar-refractivity contribution in [1.29, 1.82) is 0 Å². The zero-order valence-corrected chi connectivity index (χ0v) is 10.3. The zero-order valence-electron chi connectivity index (χ0n) is 9.48. The van der Waals surface area contributed by atoms with Gasteiger partial charge in [0.2, 0.25) is 10.0 Å². The van der Waals surface area contributed by atoms with Gasteiger partial charge in [-0.25, -0.2) is 21.9 Å². The summed E-state index contributed by atoms with van der Waals surface area (Å²) >= 11 is 0. The number of hydrogen-bond acceptors (Lipinski definition) is 3. The monoisotopic (exact) mass is 301 g/mol. The molecule has 0 heterocycles. The number of nitrogens with one attached hydrogen (secondary N) is 1.